The molecule has 0 aromatic carbocycles. The summed E-state index contributed by atoms with van der Waals surface area (Å²) in [7, 11) is 1.71. The van der Waals surface area contributed by atoms with Gasteiger partial charge in [-0.2, -0.15) is 0 Å². The van der Waals surface area contributed by atoms with Gasteiger partial charge < -0.3 is 4.74 Å². The van der Waals surface area contributed by atoms with Crippen molar-refractivity contribution in [2.45, 2.75) is 32.2 Å². The smallest absolute Gasteiger partial charge is 0.0462 e. The molecule has 0 heterocycles. The number of nitrogens with one attached hydrogen (secondary N) is 1. The molecule has 0 spiro atoms. The highest BCUT2D eigenvalue weighted by molar-refractivity contribution is 4.92. The maximum atomic E-state index is 5.37. The van der Waals surface area contributed by atoms with Crippen LogP contribution in [0.15, 0.2) is 12.2 Å². The summed E-state index contributed by atoms with van der Waals surface area (Å²) < 4.78 is 4.95. The van der Waals surface area contributed by atoms with Crippen molar-refractivity contribution < 1.29 is 4.74 Å². The van der Waals surface area contributed by atoms with Crippen LogP contribution in [0.1, 0.15) is 26.2 Å². The van der Waals surface area contributed by atoms with Gasteiger partial charge in [-0.25, -0.2) is 0 Å². The minimum atomic E-state index is 0.345. The van der Waals surface area contributed by atoms with Gasteiger partial charge in [-0.1, -0.05) is 5.57 Å². The van der Waals surface area contributed by atoms with Crippen molar-refractivity contribution >= 4 is 0 Å². The third-order valence-electron chi connectivity index (χ3n) is 1.73. The maximum absolute atomic E-state index is 5.37. The number of rotatable bonds is 7. The van der Waals surface area contributed by atoms with Crippen molar-refractivity contribution in [3.8, 4) is 0 Å². The van der Waals surface area contributed by atoms with Gasteiger partial charge in [-0.3, -0.25) is 11.3 Å². The molecule has 0 aliphatic heterocycles. The van der Waals surface area contributed by atoms with Gasteiger partial charge in [0.25, 0.3) is 0 Å². The first-order chi connectivity index (χ1) is 5.70. The summed E-state index contributed by atoms with van der Waals surface area (Å²) in [6.07, 6.45) is 3.02. The highest BCUT2D eigenvalue weighted by atomic mass is 16.5. The molecule has 1 unspecified atom stereocenters. The molecule has 0 rings (SSSR count). The molecule has 0 bridgehead atoms. The number of hydrazine groups is 1. The molecule has 3 heteroatoms. The molecule has 0 aliphatic carbocycles. The van der Waals surface area contributed by atoms with E-state index in [1.807, 2.05) is 6.92 Å². The molecule has 3 N–H and O–H groups in total. The summed E-state index contributed by atoms with van der Waals surface area (Å²) in [5.74, 6) is 5.37. The van der Waals surface area contributed by atoms with Crippen LogP contribution in [0.25, 0.3) is 0 Å². The average Bonchev–Trinajstić information content (AvgIpc) is 2.02. The van der Waals surface area contributed by atoms with E-state index in [1.54, 1.807) is 7.11 Å². The molecule has 0 saturated carbocycles. The predicted octanol–water partition coefficient (Wildman–Crippen LogP) is 1.21. The van der Waals surface area contributed by atoms with Gasteiger partial charge >= 0.3 is 0 Å². The van der Waals surface area contributed by atoms with Gasteiger partial charge in [-0.05, 0) is 26.2 Å². The van der Waals surface area contributed by atoms with Crippen molar-refractivity contribution in [3.05, 3.63) is 12.2 Å². The first-order valence-corrected chi connectivity index (χ1v) is 4.30. The lowest BCUT2D eigenvalue weighted by molar-refractivity contribution is 0.188. The summed E-state index contributed by atoms with van der Waals surface area (Å²) in [6, 6.07) is 0.345. The number of hydrogen-bond acceptors (Lipinski definition) is 3. The van der Waals surface area contributed by atoms with Crippen molar-refractivity contribution in [1.29, 1.82) is 0 Å². The fourth-order valence-electron chi connectivity index (χ4n) is 1.14. The van der Waals surface area contributed by atoms with Crippen LogP contribution in [-0.4, -0.2) is 19.8 Å². The standard InChI is InChI=1S/C9H20N2O/c1-8(2)7-9(11-10)5-4-6-12-3/h9,11H,1,4-7,10H2,2-3H3. The van der Waals surface area contributed by atoms with Gasteiger partial charge in [0.15, 0.2) is 0 Å². The summed E-state index contributed by atoms with van der Waals surface area (Å²) in [5, 5.41) is 0. The zero-order chi connectivity index (χ0) is 9.40. The van der Waals surface area contributed by atoms with Gasteiger partial charge in [0.2, 0.25) is 0 Å². The Morgan fingerprint density at radius 3 is 2.75 bits per heavy atom. The van der Waals surface area contributed by atoms with E-state index in [4.69, 9.17) is 10.6 Å². The molecule has 0 saturated heterocycles. The Balaban J connectivity index is 3.46. The Bertz CT molecular complexity index is 126. The number of methoxy groups -OCH3 is 1. The van der Waals surface area contributed by atoms with Crippen LogP contribution in [0.2, 0.25) is 0 Å². The quantitative estimate of drug-likeness (QED) is 0.263. The lowest BCUT2D eigenvalue weighted by Gasteiger charge is -2.14. The Labute approximate surface area is 74.9 Å². The lowest BCUT2D eigenvalue weighted by Crippen LogP contribution is -2.35. The minimum Gasteiger partial charge on any atom is -0.385 e. The van der Waals surface area contributed by atoms with Crippen molar-refractivity contribution in [3.63, 3.8) is 0 Å². The molecular weight excluding hydrogens is 152 g/mol. The largest absolute Gasteiger partial charge is 0.385 e. The fraction of sp³-hybridized carbons (Fsp3) is 0.778. The normalized spacial score (nSPS) is 12.9. The molecule has 72 valence electrons. The Morgan fingerprint density at radius 1 is 1.67 bits per heavy atom. The topological polar surface area (TPSA) is 47.3 Å². The van der Waals surface area contributed by atoms with E-state index in [2.05, 4.69) is 12.0 Å². The second kappa shape index (κ2) is 7.28. The second-order valence-corrected chi connectivity index (χ2v) is 3.16. The van der Waals surface area contributed by atoms with Crippen molar-refractivity contribution in [1.82, 2.24) is 5.43 Å². The monoisotopic (exact) mass is 172 g/mol. The first-order valence-electron chi connectivity index (χ1n) is 4.30. The van der Waals surface area contributed by atoms with E-state index in [0.717, 1.165) is 31.4 Å². The molecular formula is C9H20N2O. The molecule has 0 radical (unpaired) electrons. The lowest BCUT2D eigenvalue weighted by atomic mass is 10.1. The zero-order valence-corrected chi connectivity index (χ0v) is 8.10. The molecule has 3 nitrogen and oxygen atoms in total. The first kappa shape index (κ1) is 11.6. The van der Waals surface area contributed by atoms with Crippen LogP contribution in [0.4, 0.5) is 0 Å². The molecule has 0 aromatic heterocycles. The van der Waals surface area contributed by atoms with E-state index in [9.17, 15) is 0 Å². The fourth-order valence-corrected chi connectivity index (χ4v) is 1.14. The van der Waals surface area contributed by atoms with Crippen LogP contribution < -0.4 is 11.3 Å². The van der Waals surface area contributed by atoms with Crippen molar-refractivity contribution in [2.75, 3.05) is 13.7 Å². The van der Waals surface area contributed by atoms with Gasteiger partial charge in [0.1, 0.15) is 0 Å². The summed E-state index contributed by atoms with van der Waals surface area (Å²) >= 11 is 0. The summed E-state index contributed by atoms with van der Waals surface area (Å²) in [4.78, 5) is 0. The SMILES string of the molecule is C=C(C)CC(CCCOC)NN. The number of hydrogen-bond donors (Lipinski definition) is 2. The summed E-state index contributed by atoms with van der Waals surface area (Å²) in [5.41, 5.74) is 3.94. The highest BCUT2D eigenvalue weighted by Gasteiger charge is 2.05. The van der Waals surface area contributed by atoms with Gasteiger partial charge in [0.05, 0.1) is 0 Å². The second-order valence-electron chi connectivity index (χ2n) is 3.16. The molecule has 0 fully saturated rings. The Morgan fingerprint density at radius 2 is 2.33 bits per heavy atom. The molecule has 1 atom stereocenters. The van der Waals surface area contributed by atoms with E-state index in [-0.39, 0.29) is 0 Å². The van der Waals surface area contributed by atoms with Crippen LogP contribution in [0.3, 0.4) is 0 Å². The van der Waals surface area contributed by atoms with E-state index in [0.29, 0.717) is 6.04 Å². The molecule has 0 amide bonds. The highest BCUT2D eigenvalue weighted by Crippen LogP contribution is 2.06. The average molecular weight is 172 g/mol. The van der Waals surface area contributed by atoms with Gasteiger partial charge in [0, 0.05) is 19.8 Å². The van der Waals surface area contributed by atoms with Crippen LogP contribution in [0, 0.1) is 0 Å². The Kier molecular flexibility index (Phi) is 7.05. The molecule has 0 aromatic rings. The van der Waals surface area contributed by atoms with Crippen LogP contribution in [-0.2, 0) is 4.74 Å². The number of ether oxygens (including phenoxy) is 1. The summed E-state index contributed by atoms with van der Waals surface area (Å²) in [6.45, 7) is 6.66. The third kappa shape index (κ3) is 6.34. The van der Waals surface area contributed by atoms with Crippen molar-refractivity contribution in [2.24, 2.45) is 5.84 Å². The molecule has 0 aliphatic rings. The predicted molar refractivity (Wildman–Crippen MR) is 51.7 cm³/mol. The zero-order valence-electron chi connectivity index (χ0n) is 8.10. The Hall–Kier alpha value is -0.380. The third-order valence-corrected chi connectivity index (χ3v) is 1.73. The maximum Gasteiger partial charge on any atom is 0.0462 e. The van der Waals surface area contributed by atoms with Gasteiger partial charge in [-0.15, -0.1) is 6.58 Å². The van der Waals surface area contributed by atoms with Crippen LogP contribution in [0.5, 0.6) is 0 Å². The molecule has 12 heavy (non-hydrogen) atoms. The van der Waals surface area contributed by atoms with E-state index >= 15 is 0 Å². The minimum absolute atomic E-state index is 0.345. The van der Waals surface area contributed by atoms with Crippen LogP contribution >= 0.6 is 0 Å². The van der Waals surface area contributed by atoms with E-state index in [1.165, 1.54) is 0 Å². The number of nitrogens with two attached hydrogens (primary N) is 1. The van der Waals surface area contributed by atoms with E-state index < -0.39 is 0 Å².